The number of aromatic nitrogens is 3. The molecule has 0 amide bonds. The number of benzene rings is 1. The molecule has 0 aliphatic heterocycles. The molecule has 94 valence electrons. The zero-order valence-electron chi connectivity index (χ0n) is 9.40. The van der Waals surface area contributed by atoms with Crippen molar-refractivity contribution >= 4 is 11.6 Å². The molecule has 2 rings (SSSR count). The number of nitro groups is 1. The van der Waals surface area contributed by atoms with E-state index in [1.54, 1.807) is 0 Å². The number of rotatable bonds is 3. The van der Waals surface area contributed by atoms with Crippen molar-refractivity contribution in [2.24, 2.45) is 0 Å². The first-order valence-corrected chi connectivity index (χ1v) is 4.83. The molecule has 0 radical (unpaired) electrons. The molecule has 18 heavy (non-hydrogen) atoms. The zero-order valence-corrected chi connectivity index (χ0v) is 9.40. The third-order valence-electron chi connectivity index (χ3n) is 2.36. The Hall–Kier alpha value is -2.84. The van der Waals surface area contributed by atoms with Crippen LogP contribution in [0.2, 0.25) is 0 Å². The van der Waals surface area contributed by atoms with Gasteiger partial charge in [0.2, 0.25) is 5.95 Å². The fourth-order valence-corrected chi connectivity index (χ4v) is 1.47. The van der Waals surface area contributed by atoms with Crippen LogP contribution in [0.1, 0.15) is 0 Å². The van der Waals surface area contributed by atoms with Crippen molar-refractivity contribution in [3.8, 4) is 17.1 Å². The topological polar surface area (TPSA) is 135 Å². The van der Waals surface area contributed by atoms with Gasteiger partial charge in [0.15, 0.2) is 5.82 Å². The summed E-state index contributed by atoms with van der Waals surface area (Å²) in [7, 11) is 1.39. The lowest BCUT2D eigenvalue weighted by molar-refractivity contribution is -0.384. The largest absolute Gasteiger partial charge is 0.496 e. The Balaban J connectivity index is 2.58. The average molecular weight is 250 g/mol. The Morgan fingerprint density at radius 1 is 1.44 bits per heavy atom. The molecule has 0 fully saturated rings. The monoisotopic (exact) mass is 250 g/mol. The Morgan fingerprint density at radius 2 is 2.17 bits per heavy atom. The summed E-state index contributed by atoms with van der Waals surface area (Å²) in [6.07, 6.45) is 0. The van der Waals surface area contributed by atoms with Crippen molar-refractivity contribution in [1.82, 2.24) is 14.9 Å². The van der Waals surface area contributed by atoms with Crippen LogP contribution in [0.25, 0.3) is 11.4 Å². The van der Waals surface area contributed by atoms with E-state index in [1.165, 1.54) is 25.3 Å². The van der Waals surface area contributed by atoms with Gasteiger partial charge in [-0.15, -0.1) is 10.2 Å². The van der Waals surface area contributed by atoms with E-state index in [0.29, 0.717) is 5.56 Å². The Morgan fingerprint density at radius 3 is 2.67 bits per heavy atom. The summed E-state index contributed by atoms with van der Waals surface area (Å²) in [5.41, 5.74) is 5.84. The first-order chi connectivity index (χ1) is 8.54. The summed E-state index contributed by atoms with van der Waals surface area (Å²) in [6.45, 7) is 0. The Labute approximate surface area is 101 Å². The number of nitrogen functional groups attached to an aromatic ring is 2. The molecule has 2 aromatic rings. The highest BCUT2D eigenvalue weighted by atomic mass is 16.6. The highest BCUT2D eigenvalue weighted by molar-refractivity contribution is 5.67. The molecular formula is C9H10N6O3. The summed E-state index contributed by atoms with van der Waals surface area (Å²) in [5.74, 6) is 6.20. The second-order valence-corrected chi connectivity index (χ2v) is 3.39. The van der Waals surface area contributed by atoms with E-state index >= 15 is 0 Å². The van der Waals surface area contributed by atoms with Crippen LogP contribution >= 0.6 is 0 Å². The summed E-state index contributed by atoms with van der Waals surface area (Å²) in [6, 6.07) is 4.08. The number of nitro benzene ring substituents is 1. The third kappa shape index (κ3) is 1.77. The second kappa shape index (κ2) is 4.20. The average Bonchev–Trinajstić information content (AvgIpc) is 2.69. The molecule has 9 heteroatoms. The van der Waals surface area contributed by atoms with Gasteiger partial charge >= 0.3 is 0 Å². The van der Waals surface area contributed by atoms with E-state index in [-0.39, 0.29) is 23.2 Å². The summed E-state index contributed by atoms with van der Waals surface area (Å²) >= 11 is 0. The highest BCUT2D eigenvalue weighted by Gasteiger charge is 2.17. The van der Waals surface area contributed by atoms with Crippen molar-refractivity contribution in [1.29, 1.82) is 0 Å². The van der Waals surface area contributed by atoms with Gasteiger partial charge in [-0.25, -0.2) is 4.68 Å². The van der Waals surface area contributed by atoms with Crippen molar-refractivity contribution in [2.75, 3.05) is 18.7 Å². The highest BCUT2D eigenvalue weighted by Crippen LogP contribution is 2.31. The van der Waals surface area contributed by atoms with Gasteiger partial charge in [0.05, 0.1) is 23.7 Å². The Bertz CT molecular complexity index is 608. The number of nitrogens with two attached hydrogens (primary N) is 2. The van der Waals surface area contributed by atoms with Crippen LogP contribution in [0.3, 0.4) is 0 Å². The van der Waals surface area contributed by atoms with Gasteiger partial charge in [-0.3, -0.25) is 10.1 Å². The Kier molecular flexibility index (Phi) is 2.72. The third-order valence-corrected chi connectivity index (χ3v) is 2.36. The first kappa shape index (κ1) is 11.6. The molecule has 0 aliphatic rings. The van der Waals surface area contributed by atoms with Gasteiger partial charge in [-0.2, -0.15) is 0 Å². The maximum absolute atomic E-state index is 10.7. The first-order valence-electron chi connectivity index (χ1n) is 4.83. The number of nitrogens with zero attached hydrogens (tertiary/aromatic N) is 4. The molecule has 0 saturated heterocycles. The minimum Gasteiger partial charge on any atom is -0.496 e. The number of non-ortho nitro benzene ring substituents is 1. The molecule has 0 saturated carbocycles. The van der Waals surface area contributed by atoms with Gasteiger partial charge in [0.25, 0.3) is 5.69 Å². The molecule has 9 nitrogen and oxygen atoms in total. The van der Waals surface area contributed by atoms with E-state index in [4.69, 9.17) is 16.3 Å². The predicted octanol–water partition coefficient (Wildman–Crippen LogP) is 0.158. The van der Waals surface area contributed by atoms with Crippen LogP contribution in [0, 0.1) is 10.1 Å². The molecule has 4 N–H and O–H groups in total. The van der Waals surface area contributed by atoms with Crippen LogP contribution in [-0.2, 0) is 0 Å². The van der Waals surface area contributed by atoms with Gasteiger partial charge in [-0.05, 0) is 6.07 Å². The molecule has 0 atom stereocenters. The van der Waals surface area contributed by atoms with E-state index < -0.39 is 4.92 Å². The number of hydrogen-bond acceptors (Lipinski definition) is 7. The SMILES string of the molecule is COc1cc([N+](=O)[O-])ccc1-c1nnc(N)n1N. The van der Waals surface area contributed by atoms with E-state index in [1.807, 2.05) is 0 Å². The molecule has 0 bridgehead atoms. The van der Waals surface area contributed by atoms with Gasteiger partial charge < -0.3 is 16.3 Å². The second-order valence-electron chi connectivity index (χ2n) is 3.39. The van der Waals surface area contributed by atoms with Crippen molar-refractivity contribution in [3.05, 3.63) is 28.3 Å². The minimum atomic E-state index is -0.520. The van der Waals surface area contributed by atoms with Crippen molar-refractivity contribution < 1.29 is 9.66 Å². The molecule has 0 spiro atoms. The van der Waals surface area contributed by atoms with E-state index in [2.05, 4.69) is 10.2 Å². The molecule has 1 heterocycles. The van der Waals surface area contributed by atoms with Crippen LogP contribution in [0.5, 0.6) is 5.75 Å². The number of ether oxygens (including phenoxy) is 1. The minimum absolute atomic E-state index is 0.0328. The van der Waals surface area contributed by atoms with E-state index in [0.717, 1.165) is 4.68 Å². The van der Waals surface area contributed by atoms with Crippen molar-refractivity contribution in [3.63, 3.8) is 0 Å². The van der Waals surface area contributed by atoms with E-state index in [9.17, 15) is 10.1 Å². The lowest BCUT2D eigenvalue weighted by atomic mass is 10.1. The summed E-state index contributed by atoms with van der Waals surface area (Å²) in [4.78, 5) is 10.1. The standard InChI is InChI=1S/C9H10N6O3/c1-18-7-4-5(15(16)17)2-3-6(7)8-12-13-9(10)14(8)11/h2-4H,11H2,1H3,(H2,10,13). The molecule has 0 unspecified atom stereocenters. The number of anilines is 1. The normalized spacial score (nSPS) is 10.3. The van der Waals surface area contributed by atoms with Crippen LogP contribution in [-0.4, -0.2) is 26.9 Å². The summed E-state index contributed by atoms with van der Waals surface area (Å²) in [5, 5.41) is 18.0. The van der Waals surface area contributed by atoms with Crippen LogP contribution in [0.15, 0.2) is 18.2 Å². The fraction of sp³-hybridized carbons (Fsp3) is 0.111. The molecular weight excluding hydrogens is 240 g/mol. The molecule has 1 aromatic carbocycles. The van der Waals surface area contributed by atoms with Gasteiger partial charge in [-0.1, -0.05) is 0 Å². The lowest BCUT2D eigenvalue weighted by Crippen LogP contribution is -2.13. The van der Waals surface area contributed by atoms with Crippen LogP contribution < -0.4 is 16.3 Å². The molecule has 1 aromatic heterocycles. The van der Waals surface area contributed by atoms with Gasteiger partial charge in [0.1, 0.15) is 5.75 Å². The molecule has 0 aliphatic carbocycles. The lowest BCUT2D eigenvalue weighted by Gasteiger charge is -2.07. The smallest absolute Gasteiger partial charge is 0.273 e. The van der Waals surface area contributed by atoms with Gasteiger partial charge in [0, 0.05) is 6.07 Å². The predicted molar refractivity (Wildman–Crippen MR) is 63.2 cm³/mol. The maximum Gasteiger partial charge on any atom is 0.273 e. The number of methoxy groups -OCH3 is 1. The zero-order chi connectivity index (χ0) is 13.3. The maximum atomic E-state index is 10.7. The fourth-order valence-electron chi connectivity index (χ4n) is 1.47. The van der Waals surface area contributed by atoms with Crippen LogP contribution in [0.4, 0.5) is 11.6 Å². The number of hydrogen-bond donors (Lipinski definition) is 2. The van der Waals surface area contributed by atoms with Crippen molar-refractivity contribution in [2.45, 2.75) is 0 Å². The summed E-state index contributed by atoms with van der Waals surface area (Å²) < 4.78 is 6.15. The quantitative estimate of drug-likeness (QED) is 0.449.